The van der Waals surface area contributed by atoms with Crippen LogP contribution in [0.25, 0.3) is 11.3 Å². The van der Waals surface area contributed by atoms with E-state index in [4.69, 9.17) is 37.3 Å². The quantitative estimate of drug-likeness (QED) is 0.430. The Kier molecular flexibility index (Phi) is 7.14. The number of benzene rings is 1. The third-order valence-corrected chi connectivity index (χ3v) is 4.05. The number of aromatic nitrogens is 1. The van der Waals surface area contributed by atoms with Crippen molar-refractivity contribution in [3.63, 3.8) is 0 Å². The van der Waals surface area contributed by atoms with Gasteiger partial charge in [-0.1, -0.05) is 37.0 Å². The summed E-state index contributed by atoms with van der Waals surface area (Å²) >= 11 is 12.3. The normalized spacial score (nSPS) is 11.7. The van der Waals surface area contributed by atoms with E-state index in [1.165, 1.54) is 5.06 Å². The average molecular weight is 415 g/mol. The van der Waals surface area contributed by atoms with E-state index < -0.39 is 5.60 Å². The van der Waals surface area contributed by atoms with Crippen molar-refractivity contribution in [1.82, 2.24) is 10.2 Å². The van der Waals surface area contributed by atoms with Gasteiger partial charge in [-0.25, -0.2) is 5.06 Å². The van der Waals surface area contributed by atoms with Gasteiger partial charge in [0.25, 0.3) is 5.88 Å². The fraction of sp³-hybridized carbons (Fsp3) is 0.474. The van der Waals surface area contributed by atoms with Crippen LogP contribution >= 0.6 is 23.2 Å². The molecule has 1 amide bonds. The van der Waals surface area contributed by atoms with Gasteiger partial charge in [0.15, 0.2) is 5.76 Å². The van der Waals surface area contributed by atoms with Crippen LogP contribution in [0.5, 0.6) is 5.88 Å². The van der Waals surface area contributed by atoms with Gasteiger partial charge in [-0.3, -0.25) is 9.63 Å². The van der Waals surface area contributed by atoms with E-state index in [9.17, 15) is 4.79 Å². The molecule has 0 atom stereocenters. The van der Waals surface area contributed by atoms with Gasteiger partial charge in [-0.05, 0) is 50.0 Å². The summed E-state index contributed by atoms with van der Waals surface area (Å²) in [6.45, 7) is 10.1. The van der Waals surface area contributed by atoms with E-state index in [-0.39, 0.29) is 19.1 Å². The summed E-state index contributed by atoms with van der Waals surface area (Å²) in [4.78, 5) is 16.7. The summed E-state index contributed by atoms with van der Waals surface area (Å²) in [7, 11) is 0. The van der Waals surface area contributed by atoms with E-state index in [1.807, 2.05) is 34.6 Å². The molecule has 0 aliphatic carbocycles. The molecular weight excluding hydrogens is 391 g/mol. The van der Waals surface area contributed by atoms with Crippen LogP contribution in [0.2, 0.25) is 10.0 Å². The monoisotopic (exact) mass is 414 g/mol. The molecule has 0 aliphatic rings. The van der Waals surface area contributed by atoms with Crippen LogP contribution in [0.3, 0.4) is 0 Å². The van der Waals surface area contributed by atoms with Crippen molar-refractivity contribution < 1.29 is 18.9 Å². The number of carbonyl (C=O) groups excluding carboxylic acids is 1. The van der Waals surface area contributed by atoms with Crippen molar-refractivity contribution in [3.05, 3.63) is 33.8 Å². The second-order valence-electron chi connectivity index (χ2n) is 7.31. The second kappa shape index (κ2) is 8.95. The molecule has 0 fully saturated rings. The summed E-state index contributed by atoms with van der Waals surface area (Å²) in [6.07, 6.45) is 0.625. The Balaban J connectivity index is 2.16. The molecule has 8 heteroatoms. The fourth-order valence-corrected chi connectivity index (χ4v) is 2.96. The van der Waals surface area contributed by atoms with Gasteiger partial charge in [-0.2, -0.15) is 0 Å². The molecule has 148 valence electrons. The Hall–Kier alpha value is -1.76. The molecule has 1 heterocycles. The smallest absolute Gasteiger partial charge is 0.258 e. The van der Waals surface area contributed by atoms with E-state index in [0.29, 0.717) is 33.7 Å². The molecule has 0 saturated carbocycles. The number of ether oxygens (including phenoxy) is 1. The number of nitrogens with zero attached hydrogens (tertiary/aromatic N) is 2. The molecule has 1 aromatic heterocycles. The zero-order valence-electron chi connectivity index (χ0n) is 16.1. The maximum Gasteiger partial charge on any atom is 0.258 e. The second-order valence-corrected chi connectivity index (χ2v) is 8.15. The largest absolute Gasteiger partial charge is 0.473 e. The first kappa shape index (κ1) is 21.5. The number of hydrogen-bond donors (Lipinski definition) is 0. The standard InChI is InChI=1S/C19H24Cl2N2O4/c1-12(2)16-17(14-7-6-13(20)10-15(14)21)26-22-18(16)25-9-8-23(11-24)27-19(3,4)5/h6-7,10-12H,8-9H2,1-5H3. The maximum absolute atomic E-state index is 11.1. The highest BCUT2D eigenvalue weighted by molar-refractivity contribution is 6.36. The Bertz CT molecular complexity index is 785. The van der Waals surface area contributed by atoms with Crippen LogP contribution in [-0.4, -0.2) is 35.4 Å². The van der Waals surface area contributed by atoms with Crippen molar-refractivity contribution in [2.45, 2.75) is 46.1 Å². The zero-order chi connectivity index (χ0) is 20.2. The Morgan fingerprint density at radius 1 is 1.30 bits per heavy atom. The summed E-state index contributed by atoms with van der Waals surface area (Å²) < 4.78 is 11.3. The van der Waals surface area contributed by atoms with Crippen LogP contribution < -0.4 is 4.74 Å². The molecule has 0 bridgehead atoms. The van der Waals surface area contributed by atoms with Crippen molar-refractivity contribution >= 4 is 29.6 Å². The Labute approximate surface area is 169 Å². The fourth-order valence-electron chi connectivity index (χ4n) is 2.47. The van der Waals surface area contributed by atoms with Gasteiger partial charge in [-0.15, -0.1) is 0 Å². The molecule has 1 aromatic carbocycles. The lowest BCUT2D eigenvalue weighted by Crippen LogP contribution is -2.35. The number of amides is 1. The van der Waals surface area contributed by atoms with Crippen LogP contribution in [0.1, 0.15) is 46.1 Å². The molecule has 0 N–H and O–H groups in total. The lowest BCUT2D eigenvalue weighted by molar-refractivity contribution is -0.217. The predicted molar refractivity (Wildman–Crippen MR) is 105 cm³/mol. The highest BCUT2D eigenvalue weighted by Crippen LogP contribution is 2.39. The number of hydroxylamine groups is 2. The van der Waals surface area contributed by atoms with Crippen LogP contribution in [0.15, 0.2) is 22.7 Å². The first-order valence-corrected chi connectivity index (χ1v) is 9.37. The predicted octanol–water partition coefficient (Wildman–Crippen LogP) is 5.34. The van der Waals surface area contributed by atoms with Gasteiger partial charge < -0.3 is 9.26 Å². The Morgan fingerprint density at radius 2 is 2.00 bits per heavy atom. The molecule has 0 saturated heterocycles. The van der Waals surface area contributed by atoms with Crippen molar-refractivity contribution in [2.24, 2.45) is 0 Å². The minimum absolute atomic E-state index is 0.0843. The van der Waals surface area contributed by atoms with Crippen LogP contribution in [0.4, 0.5) is 0 Å². The van der Waals surface area contributed by atoms with E-state index >= 15 is 0 Å². The highest BCUT2D eigenvalue weighted by Gasteiger charge is 2.24. The van der Waals surface area contributed by atoms with Gasteiger partial charge in [0.2, 0.25) is 6.41 Å². The number of rotatable bonds is 8. The van der Waals surface area contributed by atoms with Crippen LogP contribution in [-0.2, 0) is 9.63 Å². The number of halogens is 2. The van der Waals surface area contributed by atoms with Crippen LogP contribution in [0, 0.1) is 0 Å². The Morgan fingerprint density at radius 3 is 2.56 bits per heavy atom. The summed E-state index contributed by atoms with van der Waals surface area (Å²) in [5, 5.41) is 6.25. The summed E-state index contributed by atoms with van der Waals surface area (Å²) in [5.74, 6) is 0.994. The molecule has 2 rings (SSSR count). The number of carbonyl (C=O) groups is 1. The third-order valence-electron chi connectivity index (χ3n) is 3.51. The zero-order valence-corrected chi connectivity index (χ0v) is 17.6. The first-order valence-electron chi connectivity index (χ1n) is 8.61. The maximum atomic E-state index is 11.1. The molecule has 0 unspecified atom stereocenters. The lowest BCUT2D eigenvalue weighted by Gasteiger charge is -2.26. The van der Waals surface area contributed by atoms with E-state index in [0.717, 1.165) is 5.56 Å². The summed E-state index contributed by atoms with van der Waals surface area (Å²) in [5.41, 5.74) is 1.02. The first-order chi connectivity index (χ1) is 12.6. The van der Waals surface area contributed by atoms with Gasteiger partial charge >= 0.3 is 0 Å². The van der Waals surface area contributed by atoms with Crippen molar-refractivity contribution in [2.75, 3.05) is 13.2 Å². The molecule has 0 aliphatic heterocycles. The minimum atomic E-state index is -0.476. The van der Waals surface area contributed by atoms with Gasteiger partial charge in [0.1, 0.15) is 6.61 Å². The minimum Gasteiger partial charge on any atom is -0.473 e. The molecule has 0 spiro atoms. The van der Waals surface area contributed by atoms with E-state index in [2.05, 4.69) is 5.16 Å². The molecular formula is C19H24Cl2N2O4. The average Bonchev–Trinajstić information content (AvgIpc) is 2.96. The number of hydrogen-bond acceptors (Lipinski definition) is 5. The summed E-state index contributed by atoms with van der Waals surface area (Å²) in [6, 6.07) is 5.17. The van der Waals surface area contributed by atoms with Crippen molar-refractivity contribution in [3.8, 4) is 17.2 Å². The van der Waals surface area contributed by atoms with Gasteiger partial charge in [0, 0.05) is 10.6 Å². The van der Waals surface area contributed by atoms with Gasteiger partial charge in [0.05, 0.1) is 22.7 Å². The third kappa shape index (κ3) is 5.86. The molecule has 2 aromatic rings. The molecule has 6 nitrogen and oxygen atoms in total. The topological polar surface area (TPSA) is 64.8 Å². The molecule has 27 heavy (non-hydrogen) atoms. The lowest BCUT2D eigenvalue weighted by atomic mass is 10.00. The molecule has 0 radical (unpaired) electrons. The SMILES string of the molecule is CC(C)c1c(OCCN(C=O)OC(C)(C)C)noc1-c1ccc(Cl)cc1Cl. The van der Waals surface area contributed by atoms with E-state index in [1.54, 1.807) is 18.2 Å². The van der Waals surface area contributed by atoms with Crippen molar-refractivity contribution in [1.29, 1.82) is 0 Å². The highest BCUT2D eigenvalue weighted by atomic mass is 35.5.